The van der Waals surface area contributed by atoms with Crippen LogP contribution in [0.25, 0.3) is 0 Å². The highest BCUT2D eigenvalue weighted by atomic mass is 35.5. The Morgan fingerprint density at radius 1 is 1.46 bits per heavy atom. The van der Waals surface area contributed by atoms with E-state index in [1.54, 1.807) is 6.07 Å². The van der Waals surface area contributed by atoms with Crippen molar-refractivity contribution in [2.24, 2.45) is 0 Å². The second kappa shape index (κ2) is 7.82. The number of hydrogen-bond donors (Lipinski definition) is 0. The first-order valence-corrected chi connectivity index (χ1v) is 8.75. The van der Waals surface area contributed by atoms with Gasteiger partial charge in [-0.25, -0.2) is 4.98 Å². The molecule has 0 aromatic carbocycles. The topological polar surface area (TPSA) is 69.5 Å². The van der Waals surface area contributed by atoms with Gasteiger partial charge in [-0.05, 0) is 31.7 Å². The summed E-state index contributed by atoms with van der Waals surface area (Å²) in [5, 5.41) is 9.36. The van der Waals surface area contributed by atoms with Crippen molar-refractivity contribution in [2.75, 3.05) is 37.7 Å². The lowest BCUT2D eigenvalue weighted by atomic mass is 10.2. The minimum Gasteiger partial charge on any atom is -0.376 e. The van der Waals surface area contributed by atoms with Crippen LogP contribution in [0.4, 0.5) is 5.82 Å². The summed E-state index contributed by atoms with van der Waals surface area (Å²) in [4.78, 5) is 20.7. The van der Waals surface area contributed by atoms with E-state index in [9.17, 15) is 4.79 Å². The van der Waals surface area contributed by atoms with Crippen LogP contribution in [0.5, 0.6) is 0 Å². The Hall–Kier alpha value is -1.84. The lowest BCUT2D eigenvalue weighted by Crippen LogP contribution is -2.42. The smallest absolute Gasteiger partial charge is 0.242 e. The molecule has 2 fully saturated rings. The molecule has 0 saturated carbocycles. The Balaban J connectivity index is 1.78. The predicted octanol–water partition coefficient (Wildman–Crippen LogP) is 2.21. The van der Waals surface area contributed by atoms with Crippen LogP contribution in [-0.2, 0) is 9.53 Å². The van der Waals surface area contributed by atoms with Crippen LogP contribution in [0.3, 0.4) is 0 Å². The lowest BCUT2D eigenvalue weighted by Gasteiger charge is -2.28. The van der Waals surface area contributed by atoms with Gasteiger partial charge in [-0.3, -0.25) is 4.79 Å². The van der Waals surface area contributed by atoms with E-state index >= 15 is 0 Å². The summed E-state index contributed by atoms with van der Waals surface area (Å²) in [7, 11) is 0. The summed E-state index contributed by atoms with van der Waals surface area (Å²) in [6.45, 7) is 3.21. The predicted molar refractivity (Wildman–Crippen MR) is 91.0 cm³/mol. The number of nitriles is 1. The lowest BCUT2D eigenvalue weighted by molar-refractivity contribution is -0.128. The van der Waals surface area contributed by atoms with Gasteiger partial charge >= 0.3 is 0 Å². The number of pyridine rings is 1. The van der Waals surface area contributed by atoms with Gasteiger partial charge in [0.15, 0.2) is 0 Å². The van der Waals surface area contributed by atoms with Crippen molar-refractivity contribution in [1.29, 1.82) is 5.26 Å². The van der Waals surface area contributed by atoms with Gasteiger partial charge in [0.2, 0.25) is 5.91 Å². The van der Waals surface area contributed by atoms with Crippen molar-refractivity contribution in [1.82, 2.24) is 9.88 Å². The second-order valence-electron chi connectivity index (χ2n) is 6.24. The van der Waals surface area contributed by atoms with Crippen LogP contribution in [0, 0.1) is 11.3 Å². The molecule has 0 radical (unpaired) electrons. The molecule has 1 unspecified atom stereocenters. The van der Waals surface area contributed by atoms with Crippen molar-refractivity contribution < 1.29 is 9.53 Å². The molecule has 0 aliphatic carbocycles. The normalized spacial score (nSPS) is 20.2. The van der Waals surface area contributed by atoms with E-state index in [2.05, 4.69) is 4.98 Å². The molecular formula is C17H21ClN4O2. The van der Waals surface area contributed by atoms with Gasteiger partial charge in [-0.15, -0.1) is 0 Å². The molecule has 2 aliphatic heterocycles. The number of hydrogen-bond acceptors (Lipinski definition) is 5. The second-order valence-corrected chi connectivity index (χ2v) is 6.65. The molecule has 7 heteroatoms. The van der Waals surface area contributed by atoms with E-state index in [1.807, 2.05) is 15.9 Å². The van der Waals surface area contributed by atoms with Gasteiger partial charge in [0.1, 0.15) is 11.9 Å². The number of aromatic nitrogens is 1. The maximum absolute atomic E-state index is 12.6. The number of nitrogens with zero attached hydrogens (tertiary/aromatic N) is 4. The summed E-state index contributed by atoms with van der Waals surface area (Å²) in [5.41, 5.74) is 0.409. The third kappa shape index (κ3) is 3.97. The van der Waals surface area contributed by atoms with Crippen LogP contribution in [-0.4, -0.2) is 54.7 Å². The minimum atomic E-state index is 0.0879. The van der Waals surface area contributed by atoms with Crippen molar-refractivity contribution in [3.63, 3.8) is 0 Å². The highest BCUT2D eigenvalue weighted by Crippen LogP contribution is 2.26. The standard InChI is InChI=1S/C17H21ClN4O2/c18-15-8-13(9-19)10-20-17(15)22(11-14-4-3-7-24-14)12-16(23)21-5-1-2-6-21/h8,10,14H,1-7,11-12H2. The molecule has 1 aromatic heterocycles. The Kier molecular flexibility index (Phi) is 5.54. The van der Waals surface area contributed by atoms with Crippen molar-refractivity contribution in [3.05, 3.63) is 22.8 Å². The number of amides is 1. The zero-order valence-electron chi connectivity index (χ0n) is 13.6. The van der Waals surface area contributed by atoms with E-state index in [1.165, 1.54) is 6.20 Å². The average Bonchev–Trinajstić information content (AvgIpc) is 3.27. The number of carbonyl (C=O) groups excluding carboxylic acids is 1. The highest BCUT2D eigenvalue weighted by molar-refractivity contribution is 6.33. The third-order valence-electron chi connectivity index (χ3n) is 4.48. The van der Waals surface area contributed by atoms with Gasteiger partial charge in [-0.1, -0.05) is 11.6 Å². The third-order valence-corrected chi connectivity index (χ3v) is 4.76. The summed E-state index contributed by atoms with van der Waals surface area (Å²) in [6.07, 6.45) is 5.71. The molecule has 128 valence electrons. The molecule has 3 rings (SSSR count). The van der Waals surface area contributed by atoms with Crippen molar-refractivity contribution >= 4 is 23.3 Å². The van der Waals surface area contributed by atoms with Crippen molar-refractivity contribution in [2.45, 2.75) is 31.8 Å². The Morgan fingerprint density at radius 3 is 2.88 bits per heavy atom. The number of ether oxygens (including phenoxy) is 1. The summed E-state index contributed by atoms with van der Waals surface area (Å²) in [6, 6.07) is 3.62. The molecule has 0 bridgehead atoms. The first-order chi connectivity index (χ1) is 11.7. The van der Waals surface area contributed by atoms with Gasteiger partial charge < -0.3 is 14.5 Å². The molecule has 1 atom stereocenters. The molecule has 24 heavy (non-hydrogen) atoms. The molecule has 3 heterocycles. The fourth-order valence-corrected chi connectivity index (χ4v) is 3.50. The molecular weight excluding hydrogens is 328 g/mol. The van der Waals surface area contributed by atoms with Crippen molar-refractivity contribution in [3.8, 4) is 6.07 Å². The number of likely N-dealkylation sites (tertiary alicyclic amines) is 1. The first-order valence-electron chi connectivity index (χ1n) is 8.37. The fourth-order valence-electron chi connectivity index (χ4n) is 3.21. The molecule has 2 aliphatic rings. The van der Waals surface area contributed by atoms with Crippen LogP contribution < -0.4 is 4.90 Å². The van der Waals surface area contributed by atoms with Crippen LogP contribution in [0.15, 0.2) is 12.3 Å². The Morgan fingerprint density at radius 2 is 2.25 bits per heavy atom. The number of rotatable bonds is 5. The Bertz CT molecular complexity index is 634. The zero-order valence-corrected chi connectivity index (χ0v) is 14.3. The van der Waals surface area contributed by atoms with Crippen LogP contribution in [0.1, 0.15) is 31.2 Å². The monoisotopic (exact) mass is 348 g/mol. The highest BCUT2D eigenvalue weighted by Gasteiger charge is 2.26. The summed E-state index contributed by atoms with van der Waals surface area (Å²) < 4.78 is 5.71. The Labute approximate surface area is 147 Å². The maximum atomic E-state index is 12.6. The van der Waals surface area contributed by atoms with Gasteiger partial charge in [0.05, 0.1) is 23.2 Å². The van der Waals surface area contributed by atoms with Crippen LogP contribution >= 0.6 is 11.6 Å². The fraction of sp³-hybridized carbons (Fsp3) is 0.588. The molecule has 0 spiro atoms. The molecule has 6 nitrogen and oxygen atoms in total. The van der Waals surface area contributed by atoms with Crippen LogP contribution in [0.2, 0.25) is 5.02 Å². The van der Waals surface area contributed by atoms with E-state index in [0.717, 1.165) is 45.4 Å². The maximum Gasteiger partial charge on any atom is 0.242 e. The number of halogens is 1. The first kappa shape index (κ1) is 17.0. The quantitative estimate of drug-likeness (QED) is 0.816. The SMILES string of the molecule is N#Cc1cnc(N(CC(=O)N2CCCC2)CC2CCCO2)c(Cl)c1. The van der Waals surface area contributed by atoms with E-state index in [0.29, 0.717) is 22.9 Å². The van der Waals surface area contributed by atoms with E-state index < -0.39 is 0 Å². The van der Waals surface area contributed by atoms with Gasteiger partial charge in [0, 0.05) is 32.4 Å². The molecule has 1 amide bonds. The van der Waals surface area contributed by atoms with Gasteiger partial charge in [-0.2, -0.15) is 5.26 Å². The largest absolute Gasteiger partial charge is 0.376 e. The summed E-state index contributed by atoms with van der Waals surface area (Å²) >= 11 is 6.31. The molecule has 2 saturated heterocycles. The average molecular weight is 349 g/mol. The van der Waals surface area contributed by atoms with E-state index in [4.69, 9.17) is 21.6 Å². The number of anilines is 1. The minimum absolute atomic E-state index is 0.0879. The zero-order chi connectivity index (χ0) is 16.9. The van der Waals surface area contributed by atoms with E-state index in [-0.39, 0.29) is 18.6 Å². The summed E-state index contributed by atoms with van der Waals surface area (Å²) in [5.74, 6) is 0.631. The van der Waals surface area contributed by atoms with Gasteiger partial charge in [0.25, 0.3) is 0 Å². The molecule has 0 N–H and O–H groups in total. The molecule has 1 aromatic rings. The number of carbonyl (C=O) groups is 1.